The van der Waals surface area contributed by atoms with Crippen molar-refractivity contribution in [2.24, 2.45) is 0 Å². The minimum Gasteiger partial charge on any atom is -0.399 e. The van der Waals surface area contributed by atoms with Crippen molar-refractivity contribution in [3.63, 3.8) is 0 Å². The van der Waals surface area contributed by atoms with Gasteiger partial charge in [-0.05, 0) is 36.1 Å². The first-order valence-corrected chi connectivity index (χ1v) is 5.68. The van der Waals surface area contributed by atoms with Crippen LogP contribution in [0.2, 0.25) is 0 Å². The molecular formula is C12H11F3N2O. The van der Waals surface area contributed by atoms with E-state index >= 15 is 0 Å². The summed E-state index contributed by atoms with van der Waals surface area (Å²) in [5.74, 6) is -1.75. The van der Waals surface area contributed by atoms with Gasteiger partial charge in [0.15, 0.2) is 0 Å². The van der Waals surface area contributed by atoms with Gasteiger partial charge in [-0.15, -0.1) is 0 Å². The normalized spacial score (nSPS) is 25.4. The predicted molar refractivity (Wildman–Crippen MR) is 58.5 cm³/mol. The lowest BCUT2D eigenvalue weighted by Crippen LogP contribution is -2.39. The van der Waals surface area contributed by atoms with E-state index in [4.69, 9.17) is 5.73 Å². The monoisotopic (exact) mass is 256 g/mol. The molecule has 2 N–H and O–H groups in total. The molecule has 1 aromatic carbocycles. The fourth-order valence-corrected chi connectivity index (χ4v) is 3.04. The first-order valence-electron chi connectivity index (χ1n) is 5.68. The molecule has 0 aliphatic carbocycles. The second kappa shape index (κ2) is 3.40. The van der Waals surface area contributed by atoms with Gasteiger partial charge in [0.05, 0.1) is 12.1 Å². The van der Waals surface area contributed by atoms with E-state index in [0.717, 1.165) is 16.0 Å². The molecule has 2 unspecified atom stereocenters. The van der Waals surface area contributed by atoms with Crippen LogP contribution in [0, 0.1) is 0 Å². The van der Waals surface area contributed by atoms with E-state index in [1.54, 1.807) is 18.2 Å². The van der Waals surface area contributed by atoms with Gasteiger partial charge in [0, 0.05) is 5.69 Å². The van der Waals surface area contributed by atoms with Crippen molar-refractivity contribution in [3.05, 3.63) is 29.3 Å². The third kappa shape index (κ3) is 1.41. The number of carbonyl (C=O) groups excluding carboxylic acids is 1. The van der Waals surface area contributed by atoms with Gasteiger partial charge in [-0.1, -0.05) is 6.07 Å². The maximum Gasteiger partial charge on any atom is 0.471 e. The highest BCUT2D eigenvalue weighted by atomic mass is 19.4. The molecule has 2 aliphatic rings. The van der Waals surface area contributed by atoms with Crippen molar-refractivity contribution in [1.29, 1.82) is 0 Å². The molecule has 1 saturated heterocycles. The number of alkyl halides is 3. The smallest absolute Gasteiger partial charge is 0.399 e. The number of halogens is 3. The average molecular weight is 256 g/mol. The number of fused-ring (bicyclic) bond motifs is 5. The van der Waals surface area contributed by atoms with Crippen LogP contribution in [0.5, 0.6) is 0 Å². The molecule has 2 heterocycles. The van der Waals surface area contributed by atoms with E-state index in [1.165, 1.54) is 0 Å². The van der Waals surface area contributed by atoms with Crippen molar-refractivity contribution in [3.8, 4) is 0 Å². The molecule has 3 nitrogen and oxygen atoms in total. The molecule has 1 aromatic rings. The summed E-state index contributed by atoms with van der Waals surface area (Å²) in [6.07, 6.45) is -3.65. The third-order valence-corrected chi connectivity index (χ3v) is 3.69. The first kappa shape index (κ1) is 11.4. The summed E-state index contributed by atoms with van der Waals surface area (Å²) in [5.41, 5.74) is 7.73. The van der Waals surface area contributed by atoms with Gasteiger partial charge >= 0.3 is 12.1 Å². The van der Waals surface area contributed by atoms with E-state index in [9.17, 15) is 18.0 Å². The van der Waals surface area contributed by atoms with Gasteiger partial charge in [0.2, 0.25) is 0 Å². The van der Waals surface area contributed by atoms with Crippen LogP contribution in [-0.2, 0) is 4.79 Å². The number of rotatable bonds is 0. The molecule has 3 rings (SSSR count). The molecular weight excluding hydrogens is 245 g/mol. The molecule has 2 aliphatic heterocycles. The molecule has 1 amide bonds. The topological polar surface area (TPSA) is 46.3 Å². The molecule has 2 atom stereocenters. The summed E-state index contributed by atoms with van der Waals surface area (Å²) in [6, 6.07) is 4.15. The van der Waals surface area contributed by atoms with Crippen LogP contribution in [-0.4, -0.2) is 17.0 Å². The van der Waals surface area contributed by atoms with E-state index in [2.05, 4.69) is 0 Å². The molecule has 2 bridgehead atoms. The van der Waals surface area contributed by atoms with Crippen molar-refractivity contribution in [1.82, 2.24) is 4.90 Å². The van der Waals surface area contributed by atoms with Gasteiger partial charge in [0.1, 0.15) is 0 Å². The Labute approximate surface area is 101 Å². The van der Waals surface area contributed by atoms with Crippen LogP contribution >= 0.6 is 0 Å². The van der Waals surface area contributed by atoms with Crippen molar-refractivity contribution >= 4 is 11.6 Å². The number of nitrogens with zero attached hydrogens (tertiary/aromatic N) is 1. The fourth-order valence-electron chi connectivity index (χ4n) is 3.04. The van der Waals surface area contributed by atoms with Crippen LogP contribution < -0.4 is 5.73 Å². The molecule has 0 aromatic heterocycles. The van der Waals surface area contributed by atoms with Gasteiger partial charge in [-0.2, -0.15) is 13.2 Å². The maximum atomic E-state index is 12.6. The Kier molecular flexibility index (Phi) is 2.15. The highest BCUT2D eigenvalue weighted by molar-refractivity contribution is 5.84. The zero-order chi connectivity index (χ0) is 13.1. The number of carbonyl (C=O) groups is 1. The summed E-state index contributed by atoms with van der Waals surface area (Å²) < 4.78 is 37.7. The minimum absolute atomic E-state index is 0.445. The molecule has 1 fully saturated rings. The van der Waals surface area contributed by atoms with Gasteiger partial charge < -0.3 is 10.6 Å². The van der Waals surface area contributed by atoms with Crippen molar-refractivity contribution < 1.29 is 18.0 Å². The molecule has 18 heavy (non-hydrogen) atoms. The minimum atomic E-state index is -4.81. The van der Waals surface area contributed by atoms with Crippen LogP contribution in [0.15, 0.2) is 18.2 Å². The number of amides is 1. The second-order valence-corrected chi connectivity index (χ2v) is 4.71. The number of hydrogen-bond donors (Lipinski definition) is 1. The van der Waals surface area contributed by atoms with E-state index in [0.29, 0.717) is 18.5 Å². The predicted octanol–water partition coefficient (Wildman–Crippen LogP) is 2.55. The number of anilines is 1. The summed E-state index contributed by atoms with van der Waals surface area (Å²) in [5, 5.41) is 0. The zero-order valence-electron chi connectivity index (χ0n) is 9.37. The van der Waals surface area contributed by atoms with Gasteiger partial charge in [-0.25, -0.2) is 0 Å². The summed E-state index contributed by atoms with van der Waals surface area (Å²) >= 11 is 0. The number of nitrogens with two attached hydrogens (primary N) is 1. The summed E-state index contributed by atoms with van der Waals surface area (Å²) in [7, 11) is 0. The van der Waals surface area contributed by atoms with Gasteiger partial charge in [-0.3, -0.25) is 4.79 Å². The quantitative estimate of drug-likeness (QED) is 0.725. The van der Waals surface area contributed by atoms with Gasteiger partial charge in [0.25, 0.3) is 0 Å². The first-order chi connectivity index (χ1) is 8.39. The van der Waals surface area contributed by atoms with E-state index < -0.39 is 24.2 Å². The Balaban J connectivity index is 2.02. The number of benzene rings is 1. The Morgan fingerprint density at radius 2 is 1.83 bits per heavy atom. The summed E-state index contributed by atoms with van der Waals surface area (Å²) in [4.78, 5) is 12.4. The van der Waals surface area contributed by atoms with Crippen LogP contribution in [0.4, 0.5) is 18.9 Å². The SMILES string of the molecule is Nc1ccc2c(c1)C1CCC2N1C(=O)C(F)(F)F. The Morgan fingerprint density at radius 1 is 1.22 bits per heavy atom. The molecule has 0 spiro atoms. The lowest BCUT2D eigenvalue weighted by atomic mass is 9.91. The number of nitrogen functional groups attached to an aromatic ring is 1. The lowest BCUT2D eigenvalue weighted by Gasteiger charge is -2.23. The Hall–Kier alpha value is -1.72. The lowest BCUT2D eigenvalue weighted by molar-refractivity contribution is -0.188. The molecule has 6 heteroatoms. The van der Waals surface area contributed by atoms with Crippen LogP contribution in [0.1, 0.15) is 36.1 Å². The molecule has 0 radical (unpaired) electrons. The van der Waals surface area contributed by atoms with Crippen molar-refractivity contribution in [2.45, 2.75) is 31.1 Å². The average Bonchev–Trinajstić information content (AvgIpc) is 2.82. The highest BCUT2D eigenvalue weighted by Crippen LogP contribution is 2.54. The zero-order valence-corrected chi connectivity index (χ0v) is 9.37. The fraction of sp³-hybridized carbons (Fsp3) is 0.417. The van der Waals surface area contributed by atoms with E-state index in [1.807, 2.05) is 0 Å². The molecule has 0 saturated carbocycles. The van der Waals surface area contributed by atoms with Crippen molar-refractivity contribution in [2.75, 3.05) is 5.73 Å². The second-order valence-electron chi connectivity index (χ2n) is 4.71. The third-order valence-electron chi connectivity index (χ3n) is 3.69. The molecule has 96 valence electrons. The van der Waals surface area contributed by atoms with Crippen LogP contribution in [0.25, 0.3) is 0 Å². The Bertz CT molecular complexity index is 527. The Morgan fingerprint density at radius 3 is 2.44 bits per heavy atom. The maximum absolute atomic E-state index is 12.6. The summed E-state index contributed by atoms with van der Waals surface area (Å²) in [6.45, 7) is 0. The largest absolute Gasteiger partial charge is 0.471 e. The number of hydrogen-bond acceptors (Lipinski definition) is 2. The standard InChI is InChI=1S/C12H11F3N2O/c13-12(14,15)11(18)17-9-3-4-10(17)8-5-6(16)1-2-7(8)9/h1-2,5,9-10H,3-4,16H2. The highest BCUT2D eigenvalue weighted by Gasteiger charge is 2.53. The van der Waals surface area contributed by atoms with E-state index in [-0.39, 0.29) is 0 Å². The van der Waals surface area contributed by atoms with Crippen LogP contribution in [0.3, 0.4) is 0 Å².